The second kappa shape index (κ2) is 2.91. The summed E-state index contributed by atoms with van der Waals surface area (Å²) in [7, 11) is 0. The van der Waals surface area contributed by atoms with Gasteiger partial charge >= 0.3 is 89.1 Å². The molecule has 0 unspecified atom stereocenters. The van der Waals surface area contributed by atoms with Gasteiger partial charge in [0.1, 0.15) is 0 Å². The molecule has 0 amide bonds. The van der Waals surface area contributed by atoms with Gasteiger partial charge in [-0.05, 0) is 0 Å². The van der Waals surface area contributed by atoms with Crippen molar-refractivity contribution >= 4 is 26.5 Å². The van der Waals surface area contributed by atoms with E-state index < -0.39 is 26.5 Å². The van der Waals surface area contributed by atoms with E-state index in [0.29, 0.717) is 5.41 Å². The second-order valence-electron chi connectivity index (χ2n) is 6.88. The van der Waals surface area contributed by atoms with Crippen LogP contribution < -0.4 is 0 Å². The number of hydrogen-bond acceptors (Lipinski definition) is 0. The molecule has 76 valence electrons. The van der Waals surface area contributed by atoms with Crippen LogP contribution in [-0.4, -0.2) is 26.5 Å². The van der Waals surface area contributed by atoms with Crippen molar-refractivity contribution in [1.29, 1.82) is 0 Å². The van der Waals surface area contributed by atoms with Gasteiger partial charge in [-0.2, -0.15) is 0 Å². The third-order valence-electron chi connectivity index (χ3n) is 2.94. The van der Waals surface area contributed by atoms with Gasteiger partial charge in [0.15, 0.2) is 0 Å². The first kappa shape index (κ1) is 11.9. The van der Waals surface area contributed by atoms with Crippen LogP contribution in [0, 0.1) is 5.41 Å². The molecule has 0 nitrogen and oxygen atoms in total. The number of hydrogen-bond donors (Lipinski definition) is 0. The first-order valence-corrected chi connectivity index (χ1v) is 19.9. The van der Waals surface area contributed by atoms with Crippen LogP contribution in [0.1, 0.15) is 13.8 Å². The monoisotopic (exact) mass is 304 g/mol. The van der Waals surface area contributed by atoms with Gasteiger partial charge in [0.05, 0.1) is 0 Å². The molecule has 0 saturated heterocycles. The minimum atomic E-state index is -1.50. The fraction of sp³-hybridized carbons (Fsp3) is 0.818. The van der Waals surface area contributed by atoms with Crippen molar-refractivity contribution in [2.24, 2.45) is 5.41 Å². The summed E-state index contributed by atoms with van der Waals surface area (Å²) in [6.07, 6.45) is 0. The molecule has 0 N–H and O–H groups in total. The predicted octanol–water partition coefficient (Wildman–Crippen LogP) is 4.08. The normalized spacial score (nSPS) is 22.2. The summed E-state index contributed by atoms with van der Waals surface area (Å²) in [4.78, 5) is 0. The van der Waals surface area contributed by atoms with Crippen LogP contribution in [0.15, 0.2) is 8.81 Å². The molecule has 0 atom stereocenters. The van der Waals surface area contributed by atoms with E-state index in [0.717, 1.165) is 0 Å². The molecule has 0 aliphatic heterocycles. The van der Waals surface area contributed by atoms with E-state index in [1.165, 1.54) is 0 Å². The van der Waals surface area contributed by atoms with E-state index in [-0.39, 0.29) is 0 Å². The average Bonchev–Trinajstić information content (AvgIpc) is 2.29. The van der Waals surface area contributed by atoms with Crippen LogP contribution in [0.25, 0.3) is 0 Å². The van der Waals surface area contributed by atoms with Crippen LogP contribution in [0.3, 0.4) is 0 Å². The van der Waals surface area contributed by atoms with Gasteiger partial charge in [0, 0.05) is 0 Å². The first-order chi connectivity index (χ1) is 5.49. The Morgan fingerprint density at radius 1 is 0.692 bits per heavy atom. The molecule has 0 aromatic carbocycles. The van der Waals surface area contributed by atoms with E-state index >= 15 is 0 Å². The standard InChI is InChI=1S/C11H24Ge2/c1-11(2)9(12(3,4)5)10(11)13(6,7)8/h1-8H3. The fourth-order valence-corrected chi connectivity index (χ4v) is 24.4. The maximum atomic E-state index is 2.54. The van der Waals surface area contributed by atoms with E-state index in [9.17, 15) is 0 Å². The van der Waals surface area contributed by atoms with Gasteiger partial charge in [-0.15, -0.1) is 0 Å². The van der Waals surface area contributed by atoms with Crippen LogP contribution >= 0.6 is 0 Å². The van der Waals surface area contributed by atoms with E-state index in [2.05, 4.69) is 48.4 Å². The molecule has 0 aromatic heterocycles. The Bertz CT molecular complexity index is 233. The molecular formula is C11H24Ge2. The van der Waals surface area contributed by atoms with E-state index in [1.807, 2.05) is 8.81 Å². The van der Waals surface area contributed by atoms with E-state index in [4.69, 9.17) is 0 Å². The van der Waals surface area contributed by atoms with Crippen LogP contribution in [0.5, 0.6) is 0 Å². The third kappa shape index (κ3) is 2.09. The average molecular weight is 302 g/mol. The molecule has 0 saturated carbocycles. The molecule has 2 heteroatoms. The molecule has 0 radical (unpaired) electrons. The topological polar surface area (TPSA) is 0 Å². The molecule has 0 fully saturated rings. The molecule has 0 bridgehead atoms. The first-order valence-electron chi connectivity index (χ1n) is 5.25. The molecule has 0 heterocycles. The summed E-state index contributed by atoms with van der Waals surface area (Å²) in [5.41, 5.74) is 0.552. The quantitative estimate of drug-likeness (QED) is 0.674. The summed E-state index contributed by atoms with van der Waals surface area (Å²) in [5, 5.41) is 0. The molecule has 0 aromatic rings. The Balaban J connectivity index is 3.05. The van der Waals surface area contributed by atoms with E-state index in [1.54, 1.807) is 0 Å². The maximum absolute atomic E-state index is 2.54. The van der Waals surface area contributed by atoms with Crippen molar-refractivity contribution in [2.75, 3.05) is 0 Å². The third-order valence-corrected chi connectivity index (χ3v) is 14.0. The summed E-state index contributed by atoms with van der Waals surface area (Å²) in [6, 6.07) is 0. The van der Waals surface area contributed by atoms with Crippen molar-refractivity contribution in [3.05, 3.63) is 8.81 Å². The molecule has 1 aliphatic rings. The van der Waals surface area contributed by atoms with Crippen LogP contribution in [-0.2, 0) is 0 Å². The zero-order chi connectivity index (χ0) is 10.7. The van der Waals surface area contributed by atoms with Crippen molar-refractivity contribution in [2.45, 2.75) is 48.4 Å². The van der Waals surface area contributed by atoms with Crippen molar-refractivity contribution in [1.82, 2.24) is 0 Å². The van der Waals surface area contributed by atoms with Crippen LogP contribution in [0.2, 0.25) is 34.5 Å². The Kier molecular flexibility index (Phi) is 2.66. The molecule has 1 aliphatic carbocycles. The fourth-order valence-electron chi connectivity index (χ4n) is 3.09. The SMILES string of the molecule is CC1(C)[C]([Ge]([CH3])([CH3])[CH3])=[C]1[Ge]([CH3])([CH3])[CH3]. The molecule has 1 rings (SSSR count). The molecule has 13 heavy (non-hydrogen) atoms. The summed E-state index contributed by atoms with van der Waals surface area (Å²) < 4.78 is 3.89. The minimum absolute atomic E-state index is 0.552. The zero-order valence-electron chi connectivity index (χ0n) is 10.5. The van der Waals surface area contributed by atoms with Gasteiger partial charge in [-0.1, -0.05) is 0 Å². The van der Waals surface area contributed by atoms with Crippen LogP contribution in [0.4, 0.5) is 0 Å². The van der Waals surface area contributed by atoms with Gasteiger partial charge in [-0.25, -0.2) is 0 Å². The van der Waals surface area contributed by atoms with Gasteiger partial charge < -0.3 is 0 Å². The number of allylic oxidation sites excluding steroid dienone is 2. The summed E-state index contributed by atoms with van der Waals surface area (Å²) in [6.45, 7) is 4.90. The number of rotatable bonds is 2. The molecular weight excluding hydrogens is 277 g/mol. The Morgan fingerprint density at radius 3 is 1.00 bits per heavy atom. The van der Waals surface area contributed by atoms with Crippen molar-refractivity contribution in [3.63, 3.8) is 0 Å². The Morgan fingerprint density at radius 2 is 0.923 bits per heavy atom. The van der Waals surface area contributed by atoms with Gasteiger partial charge in [0.25, 0.3) is 0 Å². The van der Waals surface area contributed by atoms with Gasteiger partial charge in [-0.3, -0.25) is 0 Å². The van der Waals surface area contributed by atoms with Gasteiger partial charge in [0.2, 0.25) is 0 Å². The predicted molar refractivity (Wildman–Crippen MR) is 67.5 cm³/mol. The van der Waals surface area contributed by atoms with Crippen molar-refractivity contribution in [3.8, 4) is 0 Å². The second-order valence-corrected chi connectivity index (χ2v) is 27.9. The summed E-state index contributed by atoms with van der Waals surface area (Å²) >= 11 is -2.99. The Labute approximate surface area is 88.9 Å². The Hall–Kier alpha value is 0.826. The van der Waals surface area contributed by atoms with Crippen molar-refractivity contribution < 1.29 is 0 Å². The zero-order valence-corrected chi connectivity index (χ0v) is 14.7. The molecule has 0 spiro atoms. The summed E-state index contributed by atoms with van der Waals surface area (Å²) in [5.74, 6) is 15.2.